The quantitative estimate of drug-likeness (QED) is 0.418. The lowest BCUT2D eigenvalue weighted by molar-refractivity contribution is 0.0406. The molecule has 1 heterocycles. The van der Waals surface area contributed by atoms with Gasteiger partial charge in [-0.25, -0.2) is 4.98 Å². The number of hydrogen-bond acceptors (Lipinski definition) is 7. The van der Waals surface area contributed by atoms with Crippen LogP contribution in [0.3, 0.4) is 0 Å². The molecule has 3 aromatic rings. The summed E-state index contributed by atoms with van der Waals surface area (Å²) >= 11 is 1.62. The molecule has 0 bridgehead atoms. The average Bonchev–Trinajstić information content (AvgIpc) is 3.11. The molecule has 27 heavy (non-hydrogen) atoms. The summed E-state index contributed by atoms with van der Waals surface area (Å²) in [5, 5.41) is 0.913. The molecule has 2 N–H and O–H groups in total. The predicted molar refractivity (Wildman–Crippen MR) is 109 cm³/mol. The summed E-state index contributed by atoms with van der Waals surface area (Å²) in [6.07, 6.45) is 0. The second-order valence-electron chi connectivity index (χ2n) is 5.76. The molecule has 0 unspecified atom stereocenters. The van der Waals surface area contributed by atoms with Crippen molar-refractivity contribution >= 4 is 27.2 Å². The van der Waals surface area contributed by atoms with Gasteiger partial charge in [-0.2, -0.15) is 0 Å². The number of methoxy groups -OCH3 is 1. The van der Waals surface area contributed by atoms with Gasteiger partial charge in [-0.3, -0.25) is 0 Å². The maximum Gasteiger partial charge on any atom is 0.142 e. The molecule has 0 saturated carbocycles. The Morgan fingerprint density at radius 2 is 1.81 bits per heavy atom. The van der Waals surface area contributed by atoms with E-state index in [2.05, 4.69) is 4.98 Å². The molecule has 7 heteroatoms. The van der Waals surface area contributed by atoms with Crippen molar-refractivity contribution in [2.24, 2.45) is 0 Å². The van der Waals surface area contributed by atoms with Gasteiger partial charge in [0.2, 0.25) is 0 Å². The van der Waals surface area contributed by atoms with E-state index in [1.807, 2.05) is 43.3 Å². The molecule has 0 atom stereocenters. The second kappa shape index (κ2) is 9.55. The number of aromatic nitrogens is 1. The molecule has 2 aromatic carbocycles. The molecule has 1 aromatic heterocycles. The molecule has 0 radical (unpaired) electrons. The highest BCUT2D eigenvalue weighted by Crippen LogP contribution is 2.34. The van der Waals surface area contributed by atoms with Crippen LogP contribution in [0, 0.1) is 0 Å². The number of nitrogen functional groups attached to an aromatic ring is 1. The van der Waals surface area contributed by atoms with Crippen molar-refractivity contribution in [1.82, 2.24) is 4.98 Å². The molecule has 144 valence electrons. The first-order valence-corrected chi connectivity index (χ1v) is 9.65. The summed E-state index contributed by atoms with van der Waals surface area (Å²) in [5.41, 5.74) is 8.61. The zero-order valence-electron chi connectivity index (χ0n) is 15.6. The summed E-state index contributed by atoms with van der Waals surface area (Å²) in [6, 6.07) is 11.6. The zero-order chi connectivity index (χ0) is 19.1. The van der Waals surface area contributed by atoms with Crippen molar-refractivity contribution in [3.05, 3.63) is 36.4 Å². The fourth-order valence-corrected chi connectivity index (χ4v) is 3.49. The summed E-state index contributed by atoms with van der Waals surface area (Å²) in [7, 11) is 1.65. The number of anilines is 1. The summed E-state index contributed by atoms with van der Waals surface area (Å²) in [4.78, 5) is 4.68. The topological polar surface area (TPSA) is 75.8 Å². The van der Waals surface area contributed by atoms with Crippen LogP contribution in [0.15, 0.2) is 36.4 Å². The Labute approximate surface area is 162 Å². The van der Waals surface area contributed by atoms with Crippen LogP contribution in [0.25, 0.3) is 20.8 Å². The van der Waals surface area contributed by atoms with Crippen molar-refractivity contribution in [2.75, 3.05) is 45.9 Å². The Morgan fingerprint density at radius 1 is 1.00 bits per heavy atom. The molecule has 0 spiro atoms. The zero-order valence-corrected chi connectivity index (χ0v) is 16.4. The van der Waals surface area contributed by atoms with Crippen molar-refractivity contribution in [1.29, 1.82) is 0 Å². The van der Waals surface area contributed by atoms with E-state index in [1.54, 1.807) is 18.4 Å². The van der Waals surface area contributed by atoms with Crippen LogP contribution in [0.5, 0.6) is 11.5 Å². The minimum absolute atomic E-state index is 0.441. The molecule has 6 nitrogen and oxygen atoms in total. The van der Waals surface area contributed by atoms with Gasteiger partial charge in [-0.1, -0.05) is 0 Å². The Kier molecular flexibility index (Phi) is 6.86. The fourth-order valence-electron chi connectivity index (χ4n) is 2.55. The van der Waals surface area contributed by atoms with Crippen molar-refractivity contribution in [3.63, 3.8) is 0 Å². The van der Waals surface area contributed by atoms with Crippen LogP contribution in [0.1, 0.15) is 6.92 Å². The van der Waals surface area contributed by atoms with E-state index in [-0.39, 0.29) is 0 Å². The van der Waals surface area contributed by atoms with Crippen molar-refractivity contribution in [2.45, 2.75) is 6.92 Å². The number of benzene rings is 2. The number of nitrogens with zero attached hydrogens (tertiary/aromatic N) is 1. The summed E-state index contributed by atoms with van der Waals surface area (Å²) in [5.74, 6) is 1.45. The summed E-state index contributed by atoms with van der Waals surface area (Å²) in [6.45, 7) is 4.76. The standard InChI is InChI=1S/C20H24N2O4S/c1-3-24-8-9-25-10-11-26-18-6-4-14(12-16(18)21)20-22-17-13-15(23-2)5-7-19(17)27-20/h4-7,12-13H,3,8-11,21H2,1-2H3. The predicted octanol–water partition coefficient (Wildman–Crippen LogP) is 3.99. The van der Waals surface area contributed by atoms with Crippen LogP contribution >= 0.6 is 11.3 Å². The molecule has 0 aliphatic carbocycles. The van der Waals surface area contributed by atoms with E-state index in [0.717, 1.165) is 26.5 Å². The highest BCUT2D eigenvalue weighted by molar-refractivity contribution is 7.21. The first-order valence-electron chi connectivity index (χ1n) is 8.84. The fraction of sp³-hybridized carbons (Fsp3) is 0.350. The second-order valence-corrected chi connectivity index (χ2v) is 6.79. The Balaban J connectivity index is 1.61. The number of fused-ring (bicyclic) bond motifs is 1. The Morgan fingerprint density at radius 3 is 2.59 bits per heavy atom. The third-order valence-corrected chi connectivity index (χ3v) is 5.00. The van der Waals surface area contributed by atoms with Crippen LogP contribution in [0.4, 0.5) is 5.69 Å². The SMILES string of the molecule is CCOCCOCCOc1ccc(-c2nc3cc(OC)ccc3s2)cc1N. The van der Waals surface area contributed by atoms with Crippen LogP contribution in [-0.2, 0) is 9.47 Å². The van der Waals surface area contributed by atoms with Crippen LogP contribution < -0.4 is 15.2 Å². The van der Waals surface area contributed by atoms with E-state index in [4.69, 9.17) is 24.7 Å². The third-order valence-electron chi connectivity index (χ3n) is 3.91. The normalized spacial score (nSPS) is 11.0. The van der Waals surface area contributed by atoms with Gasteiger partial charge in [0.15, 0.2) is 0 Å². The Hall–Kier alpha value is -2.35. The van der Waals surface area contributed by atoms with Gasteiger partial charge in [-0.05, 0) is 37.3 Å². The van der Waals surface area contributed by atoms with E-state index >= 15 is 0 Å². The molecular weight excluding hydrogens is 364 g/mol. The maximum absolute atomic E-state index is 6.15. The third kappa shape index (κ3) is 5.09. The molecule has 3 rings (SSSR count). The van der Waals surface area contributed by atoms with Crippen molar-refractivity contribution < 1.29 is 18.9 Å². The molecule has 0 aliphatic rings. The van der Waals surface area contributed by atoms with Gasteiger partial charge in [0.1, 0.15) is 23.1 Å². The van der Waals surface area contributed by atoms with E-state index < -0.39 is 0 Å². The minimum Gasteiger partial charge on any atom is -0.497 e. The smallest absolute Gasteiger partial charge is 0.142 e. The minimum atomic E-state index is 0.441. The van der Waals surface area contributed by atoms with Gasteiger partial charge in [0.05, 0.1) is 42.8 Å². The molecular formula is C20H24N2O4S. The highest BCUT2D eigenvalue weighted by Gasteiger charge is 2.10. The van der Waals surface area contributed by atoms with Gasteiger partial charge < -0.3 is 24.7 Å². The van der Waals surface area contributed by atoms with Crippen LogP contribution in [-0.4, -0.2) is 45.1 Å². The first-order chi connectivity index (χ1) is 13.2. The monoisotopic (exact) mass is 388 g/mol. The average molecular weight is 388 g/mol. The van der Waals surface area contributed by atoms with Gasteiger partial charge in [0, 0.05) is 18.2 Å². The van der Waals surface area contributed by atoms with E-state index in [0.29, 0.717) is 44.5 Å². The number of thiazole rings is 1. The van der Waals surface area contributed by atoms with Crippen molar-refractivity contribution in [3.8, 4) is 22.1 Å². The highest BCUT2D eigenvalue weighted by atomic mass is 32.1. The molecule has 0 fully saturated rings. The Bertz CT molecular complexity index is 882. The molecule has 0 aliphatic heterocycles. The lowest BCUT2D eigenvalue weighted by Crippen LogP contribution is -2.11. The van der Waals surface area contributed by atoms with Gasteiger partial charge >= 0.3 is 0 Å². The number of ether oxygens (including phenoxy) is 4. The lowest BCUT2D eigenvalue weighted by Gasteiger charge is -2.10. The number of rotatable bonds is 10. The van der Waals surface area contributed by atoms with E-state index in [1.165, 1.54) is 0 Å². The molecule has 0 saturated heterocycles. The lowest BCUT2D eigenvalue weighted by atomic mass is 10.2. The largest absolute Gasteiger partial charge is 0.497 e. The number of hydrogen-bond donors (Lipinski definition) is 1. The molecule has 0 amide bonds. The van der Waals surface area contributed by atoms with E-state index in [9.17, 15) is 0 Å². The first kappa shape index (κ1) is 19.4. The number of nitrogens with two attached hydrogens (primary N) is 1. The van der Waals surface area contributed by atoms with Crippen LogP contribution in [0.2, 0.25) is 0 Å². The summed E-state index contributed by atoms with van der Waals surface area (Å²) < 4.78 is 22.7. The van der Waals surface area contributed by atoms with Gasteiger partial charge in [0.25, 0.3) is 0 Å². The van der Waals surface area contributed by atoms with Gasteiger partial charge in [-0.15, -0.1) is 11.3 Å². The maximum atomic E-state index is 6.15.